The van der Waals surface area contributed by atoms with E-state index in [1.165, 1.54) is 6.26 Å². The average molecular weight is 289 g/mol. The number of likely N-dealkylation sites (tertiary alicyclic amines) is 1. The molecule has 2 fully saturated rings. The van der Waals surface area contributed by atoms with Crippen molar-refractivity contribution < 1.29 is 13.2 Å². The zero-order chi connectivity index (χ0) is 13.9. The van der Waals surface area contributed by atoms with Gasteiger partial charge in [-0.3, -0.25) is 4.79 Å². The highest BCUT2D eigenvalue weighted by atomic mass is 32.2. The predicted molar refractivity (Wildman–Crippen MR) is 73.2 cm³/mol. The number of hydrogen-bond acceptors (Lipinski definition) is 4. The Hall–Kier alpha value is -0.660. The third kappa shape index (κ3) is 4.74. The molecule has 110 valence electrons. The van der Waals surface area contributed by atoms with Crippen LogP contribution in [-0.2, 0) is 14.8 Å². The smallest absolute Gasteiger partial charge is 0.222 e. The van der Waals surface area contributed by atoms with Gasteiger partial charge in [0.1, 0.15) is 0 Å². The lowest BCUT2D eigenvalue weighted by Crippen LogP contribution is -2.46. The van der Waals surface area contributed by atoms with Gasteiger partial charge in [0.25, 0.3) is 0 Å². The Balaban J connectivity index is 1.74. The molecule has 0 aliphatic carbocycles. The van der Waals surface area contributed by atoms with Crippen LogP contribution >= 0.6 is 0 Å². The van der Waals surface area contributed by atoms with Crippen molar-refractivity contribution in [1.29, 1.82) is 0 Å². The van der Waals surface area contributed by atoms with Gasteiger partial charge in [-0.15, -0.1) is 0 Å². The maximum absolute atomic E-state index is 12.1. The van der Waals surface area contributed by atoms with Crippen molar-refractivity contribution in [2.45, 2.75) is 31.7 Å². The van der Waals surface area contributed by atoms with Gasteiger partial charge in [0, 0.05) is 25.6 Å². The van der Waals surface area contributed by atoms with Crippen LogP contribution in [0, 0.1) is 5.92 Å². The van der Waals surface area contributed by atoms with Gasteiger partial charge in [0.2, 0.25) is 15.9 Å². The van der Waals surface area contributed by atoms with E-state index in [0.29, 0.717) is 38.3 Å². The molecule has 0 aromatic carbocycles. The lowest BCUT2D eigenvalue weighted by Gasteiger charge is -2.32. The molecule has 1 atom stereocenters. The summed E-state index contributed by atoms with van der Waals surface area (Å²) in [6.07, 6.45) is 4.30. The van der Waals surface area contributed by atoms with Crippen LogP contribution in [0.5, 0.6) is 0 Å². The van der Waals surface area contributed by atoms with E-state index in [9.17, 15) is 13.2 Å². The third-order valence-corrected chi connectivity index (χ3v) is 4.62. The third-order valence-electron chi connectivity index (χ3n) is 3.85. The zero-order valence-corrected chi connectivity index (χ0v) is 12.2. The Bertz CT molecular complexity index is 410. The summed E-state index contributed by atoms with van der Waals surface area (Å²) in [4.78, 5) is 14.0. The molecular weight excluding hydrogens is 266 g/mol. The average Bonchev–Trinajstić information content (AvgIpc) is 2.80. The minimum atomic E-state index is -3.14. The molecule has 2 saturated heterocycles. The molecule has 0 aromatic rings. The Labute approximate surface area is 115 Å². The first-order valence-corrected chi connectivity index (χ1v) is 8.79. The second-order valence-electron chi connectivity index (χ2n) is 5.61. The summed E-state index contributed by atoms with van der Waals surface area (Å²) < 4.78 is 24.9. The quantitative estimate of drug-likeness (QED) is 0.733. The molecule has 1 amide bonds. The van der Waals surface area contributed by atoms with Crippen molar-refractivity contribution in [3.05, 3.63) is 0 Å². The second-order valence-corrected chi connectivity index (χ2v) is 7.39. The number of amides is 1. The topological polar surface area (TPSA) is 78.5 Å². The maximum atomic E-state index is 12.1. The normalized spacial score (nSPS) is 25.7. The highest BCUT2D eigenvalue weighted by Gasteiger charge is 2.26. The molecule has 2 rings (SSSR count). The molecule has 19 heavy (non-hydrogen) atoms. The van der Waals surface area contributed by atoms with Gasteiger partial charge in [-0.25, -0.2) is 13.1 Å². The van der Waals surface area contributed by atoms with Crippen LogP contribution in [0.4, 0.5) is 0 Å². The van der Waals surface area contributed by atoms with Crippen LogP contribution in [0.25, 0.3) is 0 Å². The molecule has 2 heterocycles. The summed E-state index contributed by atoms with van der Waals surface area (Å²) in [5, 5.41) is 3.27. The van der Waals surface area contributed by atoms with E-state index in [2.05, 4.69) is 10.0 Å². The van der Waals surface area contributed by atoms with Crippen molar-refractivity contribution in [2.75, 3.05) is 32.4 Å². The number of hydrogen-bond donors (Lipinski definition) is 2. The van der Waals surface area contributed by atoms with E-state index in [4.69, 9.17) is 0 Å². The van der Waals surface area contributed by atoms with Gasteiger partial charge in [0.05, 0.1) is 6.26 Å². The fraction of sp³-hybridized carbons (Fsp3) is 0.917. The van der Waals surface area contributed by atoms with Crippen molar-refractivity contribution in [3.8, 4) is 0 Å². The molecule has 2 aliphatic heterocycles. The van der Waals surface area contributed by atoms with Gasteiger partial charge < -0.3 is 10.2 Å². The number of carbonyl (C=O) groups excluding carboxylic acids is 1. The first kappa shape index (κ1) is 14.7. The Morgan fingerprint density at radius 3 is 2.53 bits per heavy atom. The SMILES string of the molecule is CS(=O)(=O)NC1CCN(C(=O)CC2CCNC2)CC1. The first-order valence-electron chi connectivity index (χ1n) is 6.90. The van der Waals surface area contributed by atoms with Gasteiger partial charge in [-0.05, 0) is 38.3 Å². The van der Waals surface area contributed by atoms with Crippen molar-refractivity contribution in [2.24, 2.45) is 5.92 Å². The summed E-state index contributed by atoms with van der Waals surface area (Å²) in [6, 6.07) is -0.0211. The van der Waals surface area contributed by atoms with E-state index in [1.807, 2.05) is 4.90 Å². The van der Waals surface area contributed by atoms with Crippen LogP contribution in [0.2, 0.25) is 0 Å². The van der Waals surface area contributed by atoms with Crippen molar-refractivity contribution in [1.82, 2.24) is 14.9 Å². The Morgan fingerprint density at radius 1 is 1.32 bits per heavy atom. The summed E-state index contributed by atoms with van der Waals surface area (Å²) in [6.45, 7) is 3.27. The van der Waals surface area contributed by atoms with E-state index in [0.717, 1.165) is 19.5 Å². The zero-order valence-electron chi connectivity index (χ0n) is 11.4. The molecule has 6 nitrogen and oxygen atoms in total. The van der Waals surface area contributed by atoms with Gasteiger partial charge in [0.15, 0.2) is 0 Å². The van der Waals surface area contributed by atoms with Gasteiger partial charge >= 0.3 is 0 Å². The van der Waals surface area contributed by atoms with Crippen LogP contribution in [0.1, 0.15) is 25.7 Å². The van der Waals surface area contributed by atoms with E-state index in [1.54, 1.807) is 0 Å². The summed E-state index contributed by atoms with van der Waals surface area (Å²) >= 11 is 0. The van der Waals surface area contributed by atoms with Crippen LogP contribution in [0.15, 0.2) is 0 Å². The van der Waals surface area contributed by atoms with E-state index >= 15 is 0 Å². The molecule has 0 aromatic heterocycles. The minimum absolute atomic E-state index is 0.0211. The predicted octanol–water partition coefficient (Wildman–Crippen LogP) is -0.474. The number of rotatable bonds is 4. The first-order chi connectivity index (χ1) is 8.94. The molecule has 1 unspecified atom stereocenters. The van der Waals surface area contributed by atoms with E-state index < -0.39 is 10.0 Å². The lowest BCUT2D eigenvalue weighted by atomic mass is 10.0. The van der Waals surface area contributed by atoms with Crippen LogP contribution < -0.4 is 10.0 Å². The molecule has 2 N–H and O–H groups in total. The number of carbonyl (C=O) groups is 1. The number of nitrogens with zero attached hydrogens (tertiary/aromatic N) is 1. The monoisotopic (exact) mass is 289 g/mol. The molecule has 0 bridgehead atoms. The Kier molecular flexibility index (Phi) is 4.81. The number of nitrogens with one attached hydrogen (secondary N) is 2. The molecular formula is C12H23N3O3S. The fourth-order valence-electron chi connectivity index (χ4n) is 2.81. The summed E-state index contributed by atoms with van der Waals surface area (Å²) in [5.74, 6) is 0.686. The number of sulfonamides is 1. The molecule has 0 saturated carbocycles. The van der Waals surface area contributed by atoms with Crippen LogP contribution in [-0.4, -0.2) is 57.7 Å². The maximum Gasteiger partial charge on any atom is 0.222 e. The molecule has 0 radical (unpaired) electrons. The van der Waals surface area contributed by atoms with Gasteiger partial charge in [-0.2, -0.15) is 0 Å². The Morgan fingerprint density at radius 2 is 2.00 bits per heavy atom. The minimum Gasteiger partial charge on any atom is -0.343 e. The molecule has 2 aliphatic rings. The second kappa shape index (κ2) is 6.19. The standard InChI is InChI=1S/C12H23N3O3S/c1-19(17,18)14-11-3-6-15(7-4-11)12(16)8-10-2-5-13-9-10/h10-11,13-14H,2-9H2,1H3. The highest BCUT2D eigenvalue weighted by Crippen LogP contribution is 2.17. The summed E-state index contributed by atoms with van der Waals surface area (Å²) in [5.41, 5.74) is 0. The molecule has 7 heteroatoms. The lowest BCUT2D eigenvalue weighted by molar-refractivity contribution is -0.133. The van der Waals surface area contributed by atoms with Crippen molar-refractivity contribution in [3.63, 3.8) is 0 Å². The van der Waals surface area contributed by atoms with Gasteiger partial charge in [-0.1, -0.05) is 0 Å². The summed E-state index contributed by atoms with van der Waals surface area (Å²) in [7, 11) is -3.14. The number of piperidine rings is 1. The largest absolute Gasteiger partial charge is 0.343 e. The molecule has 0 spiro atoms. The van der Waals surface area contributed by atoms with Crippen molar-refractivity contribution >= 4 is 15.9 Å². The highest BCUT2D eigenvalue weighted by molar-refractivity contribution is 7.88. The van der Waals surface area contributed by atoms with Crippen LogP contribution in [0.3, 0.4) is 0 Å². The fourth-order valence-corrected chi connectivity index (χ4v) is 3.66. The van der Waals surface area contributed by atoms with E-state index in [-0.39, 0.29) is 11.9 Å².